The average molecular weight is 393 g/mol. The summed E-state index contributed by atoms with van der Waals surface area (Å²) in [4.78, 5) is 28.3. The number of thioether (sulfide) groups is 1. The van der Waals surface area contributed by atoms with E-state index in [9.17, 15) is 9.59 Å². The van der Waals surface area contributed by atoms with Crippen LogP contribution in [-0.4, -0.2) is 63.0 Å². The molecule has 0 atom stereocenters. The van der Waals surface area contributed by atoms with E-state index in [1.54, 1.807) is 0 Å². The molecule has 0 bridgehead atoms. The van der Waals surface area contributed by atoms with E-state index in [0.29, 0.717) is 25.4 Å². The maximum Gasteiger partial charge on any atom is 0.410 e. The average Bonchev–Trinajstić information content (AvgIpc) is 2.93. The molecule has 0 saturated carbocycles. The van der Waals surface area contributed by atoms with Gasteiger partial charge in [0.2, 0.25) is 5.91 Å². The van der Waals surface area contributed by atoms with Gasteiger partial charge in [0, 0.05) is 19.1 Å². The van der Waals surface area contributed by atoms with E-state index in [4.69, 9.17) is 17.0 Å². The summed E-state index contributed by atoms with van der Waals surface area (Å²) in [6, 6.07) is 9.90. The monoisotopic (exact) mass is 392 g/mol. The van der Waals surface area contributed by atoms with Crippen LogP contribution in [0, 0.1) is 0 Å². The van der Waals surface area contributed by atoms with Crippen LogP contribution in [0.2, 0.25) is 0 Å². The number of hydrogen-bond donors (Lipinski definition) is 0. The van der Waals surface area contributed by atoms with Crippen molar-refractivity contribution in [2.75, 3.05) is 25.4 Å². The highest BCUT2D eigenvalue weighted by atomic mass is 32.2. The molecule has 0 N–H and O–H groups in total. The van der Waals surface area contributed by atoms with Crippen molar-refractivity contribution >= 4 is 40.2 Å². The Bertz CT molecular complexity index is 685. The third-order valence-corrected chi connectivity index (χ3v) is 6.39. The lowest BCUT2D eigenvalue weighted by atomic mass is 9.97. The molecular formula is C19H24N2O3S2. The van der Waals surface area contributed by atoms with Crippen molar-refractivity contribution in [3.8, 4) is 0 Å². The molecule has 2 amide bonds. The van der Waals surface area contributed by atoms with Gasteiger partial charge in [0.15, 0.2) is 0 Å². The van der Waals surface area contributed by atoms with Crippen LogP contribution in [0.25, 0.3) is 0 Å². The molecular weight excluding hydrogens is 368 g/mol. The molecule has 7 heteroatoms. The minimum Gasteiger partial charge on any atom is -0.447 e. The first kappa shape index (κ1) is 19.2. The summed E-state index contributed by atoms with van der Waals surface area (Å²) >= 11 is 6.82. The van der Waals surface area contributed by atoms with Crippen LogP contribution in [-0.2, 0) is 9.53 Å². The molecule has 2 aliphatic rings. The van der Waals surface area contributed by atoms with Gasteiger partial charge in [-0.05, 0) is 32.3 Å². The standard InChI is InChI=1S/C19H24N2O3S2/c1-19(2)13-24-18(23)21(19)15-8-10-20(11-9-15)16(22)12-26-17(25)14-6-4-3-5-7-14/h3-7,15H,8-13H2,1-2H3. The fraction of sp³-hybridized carbons (Fsp3) is 0.526. The number of hydrogen-bond acceptors (Lipinski definition) is 5. The second kappa shape index (κ2) is 7.96. The zero-order valence-electron chi connectivity index (χ0n) is 15.1. The molecule has 3 rings (SSSR count). The highest BCUT2D eigenvalue weighted by molar-refractivity contribution is 8.24. The first-order valence-corrected chi connectivity index (χ1v) is 10.2. The second-order valence-electron chi connectivity index (χ2n) is 7.29. The Hall–Kier alpha value is -1.60. The van der Waals surface area contributed by atoms with Gasteiger partial charge in [-0.15, -0.1) is 11.8 Å². The SMILES string of the molecule is CC1(C)COC(=O)N1C1CCN(C(=O)CSC(=S)c2ccccc2)CC1. The maximum atomic E-state index is 12.5. The molecule has 0 unspecified atom stereocenters. The summed E-state index contributed by atoms with van der Waals surface area (Å²) < 4.78 is 5.95. The van der Waals surface area contributed by atoms with Crippen LogP contribution in [0.5, 0.6) is 0 Å². The summed E-state index contributed by atoms with van der Waals surface area (Å²) in [6.45, 7) is 5.82. The number of piperidine rings is 1. The summed E-state index contributed by atoms with van der Waals surface area (Å²) in [5.74, 6) is 0.463. The number of rotatable bonds is 4. The van der Waals surface area contributed by atoms with Gasteiger partial charge in [0.25, 0.3) is 0 Å². The quantitative estimate of drug-likeness (QED) is 0.736. The normalized spacial score (nSPS) is 20.2. The Morgan fingerprint density at radius 1 is 1.27 bits per heavy atom. The summed E-state index contributed by atoms with van der Waals surface area (Å²) in [5.41, 5.74) is 0.708. The highest BCUT2D eigenvalue weighted by Crippen LogP contribution is 2.30. The van der Waals surface area contributed by atoms with Gasteiger partial charge in [0.1, 0.15) is 6.61 Å². The van der Waals surface area contributed by atoms with Gasteiger partial charge in [-0.2, -0.15) is 0 Å². The molecule has 2 aliphatic heterocycles. The smallest absolute Gasteiger partial charge is 0.410 e. The van der Waals surface area contributed by atoms with Crippen molar-refractivity contribution in [1.82, 2.24) is 9.80 Å². The van der Waals surface area contributed by atoms with E-state index in [1.165, 1.54) is 11.8 Å². The highest BCUT2D eigenvalue weighted by Gasteiger charge is 2.44. The number of thiocarbonyl (C=S) groups is 1. The number of ether oxygens (including phenoxy) is 1. The third kappa shape index (κ3) is 4.20. The first-order chi connectivity index (χ1) is 12.4. The van der Waals surface area contributed by atoms with Gasteiger partial charge in [0.05, 0.1) is 15.5 Å². The van der Waals surface area contributed by atoms with Crippen molar-refractivity contribution in [3.63, 3.8) is 0 Å². The fourth-order valence-corrected chi connectivity index (χ4v) is 4.57. The first-order valence-electron chi connectivity index (χ1n) is 8.84. The lowest BCUT2D eigenvalue weighted by Crippen LogP contribution is -2.53. The lowest BCUT2D eigenvalue weighted by molar-refractivity contribution is -0.129. The topological polar surface area (TPSA) is 49.9 Å². The van der Waals surface area contributed by atoms with Crippen molar-refractivity contribution < 1.29 is 14.3 Å². The number of amides is 2. The number of benzene rings is 1. The zero-order valence-corrected chi connectivity index (χ0v) is 16.8. The van der Waals surface area contributed by atoms with Crippen molar-refractivity contribution in [3.05, 3.63) is 35.9 Å². The van der Waals surface area contributed by atoms with E-state index < -0.39 is 0 Å². The molecule has 2 heterocycles. The van der Waals surface area contributed by atoms with E-state index in [1.807, 2.05) is 54.0 Å². The second-order valence-corrected chi connectivity index (χ2v) is 8.94. The Labute approximate surface area is 164 Å². The molecule has 26 heavy (non-hydrogen) atoms. The number of carbonyl (C=O) groups is 2. The molecule has 2 saturated heterocycles. The van der Waals surface area contributed by atoms with Gasteiger partial charge >= 0.3 is 6.09 Å². The Balaban J connectivity index is 1.48. The van der Waals surface area contributed by atoms with Gasteiger partial charge < -0.3 is 9.64 Å². The van der Waals surface area contributed by atoms with E-state index in [0.717, 1.165) is 22.6 Å². The lowest BCUT2D eigenvalue weighted by Gasteiger charge is -2.40. The van der Waals surface area contributed by atoms with Crippen molar-refractivity contribution in [2.45, 2.75) is 38.3 Å². The Morgan fingerprint density at radius 3 is 2.50 bits per heavy atom. The molecule has 0 spiro atoms. The van der Waals surface area contributed by atoms with Crippen LogP contribution >= 0.6 is 24.0 Å². The molecule has 1 aromatic carbocycles. The largest absolute Gasteiger partial charge is 0.447 e. The number of carbonyl (C=O) groups excluding carboxylic acids is 2. The van der Waals surface area contributed by atoms with Crippen LogP contribution in [0.4, 0.5) is 4.79 Å². The third-order valence-electron chi connectivity index (χ3n) is 4.92. The number of cyclic esters (lactones) is 1. The van der Waals surface area contributed by atoms with Crippen molar-refractivity contribution in [2.24, 2.45) is 0 Å². The Morgan fingerprint density at radius 2 is 1.92 bits per heavy atom. The maximum absolute atomic E-state index is 12.5. The minimum atomic E-state index is -0.272. The predicted octanol–water partition coefficient (Wildman–Crippen LogP) is 3.32. The van der Waals surface area contributed by atoms with Crippen LogP contribution in [0.3, 0.4) is 0 Å². The van der Waals surface area contributed by atoms with Crippen LogP contribution in [0.1, 0.15) is 32.3 Å². The molecule has 0 radical (unpaired) electrons. The van der Waals surface area contributed by atoms with Gasteiger partial charge in [-0.1, -0.05) is 42.5 Å². The number of likely N-dealkylation sites (tertiary alicyclic amines) is 1. The Kier molecular flexibility index (Phi) is 5.87. The van der Waals surface area contributed by atoms with E-state index in [2.05, 4.69) is 0 Å². The predicted molar refractivity (Wildman–Crippen MR) is 107 cm³/mol. The molecule has 5 nitrogen and oxygen atoms in total. The minimum absolute atomic E-state index is 0.106. The van der Waals surface area contributed by atoms with Gasteiger partial charge in [-0.25, -0.2) is 4.79 Å². The summed E-state index contributed by atoms with van der Waals surface area (Å²) in [5, 5.41) is 0. The molecule has 1 aromatic rings. The molecule has 2 fully saturated rings. The summed E-state index contributed by atoms with van der Waals surface area (Å²) in [6.07, 6.45) is 1.35. The molecule has 140 valence electrons. The van der Waals surface area contributed by atoms with Crippen LogP contribution < -0.4 is 0 Å². The molecule has 0 aliphatic carbocycles. The van der Waals surface area contributed by atoms with Crippen molar-refractivity contribution in [1.29, 1.82) is 0 Å². The van der Waals surface area contributed by atoms with Gasteiger partial charge in [-0.3, -0.25) is 9.69 Å². The zero-order chi connectivity index (χ0) is 18.7. The van der Waals surface area contributed by atoms with E-state index in [-0.39, 0.29) is 23.6 Å². The summed E-state index contributed by atoms with van der Waals surface area (Å²) in [7, 11) is 0. The van der Waals surface area contributed by atoms with Crippen LogP contribution in [0.15, 0.2) is 30.3 Å². The van der Waals surface area contributed by atoms with E-state index >= 15 is 0 Å². The number of nitrogens with zero attached hydrogens (tertiary/aromatic N) is 2. The fourth-order valence-electron chi connectivity index (χ4n) is 3.52. The molecule has 0 aromatic heterocycles.